The Morgan fingerprint density at radius 2 is 1.94 bits per heavy atom. The van der Waals surface area contributed by atoms with E-state index < -0.39 is 39.5 Å². The first-order valence-corrected chi connectivity index (χ1v) is 11.4. The number of aryl methyl sites for hydroxylation is 1. The van der Waals surface area contributed by atoms with Gasteiger partial charge in [-0.2, -0.15) is 4.31 Å². The zero-order chi connectivity index (χ0) is 23.5. The van der Waals surface area contributed by atoms with E-state index in [4.69, 9.17) is 16.3 Å². The lowest BCUT2D eigenvalue weighted by Gasteiger charge is -2.22. The number of nitro benzene ring substituents is 1. The Morgan fingerprint density at radius 1 is 1.25 bits per heavy atom. The molecule has 0 unspecified atom stereocenters. The van der Waals surface area contributed by atoms with Crippen molar-refractivity contribution in [3.05, 3.63) is 63.2 Å². The molecule has 1 saturated heterocycles. The van der Waals surface area contributed by atoms with Gasteiger partial charge in [-0.15, -0.1) is 0 Å². The second kappa shape index (κ2) is 9.63. The Balaban J connectivity index is 1.63. The number of amides is 1. The normalized spacial score (nSPS) is 16.5. The number of hydrogen-bond acceptors (Lipinski definition) is 7. The highest BCUT2D eigenvalue weighted by Gasteiger charge is 2.40. The zero-order valence-corrected chi connectivity index (χ0v) is 18.6. The molecule has 10 nitrogen and oxygen atoms in total. The molecule has 1 heterocycles. The number of carbonyl (C=O) groups excluding carboxylic acids is 2. The Labute approximate surface area is 189 Å². The lowest BCUT2D eigenvalue weighted by Crippen LogP contribution is -2.42. The van der Waals surface area contributed by atoms with Gasteiger partial charge in [0.15, 0.2) is 6.61 Å². The molecule has 0 spiro atoms. The minimum Gasteiger partial charge on any atom is -0.454 e. The molecule has 1 aliphatic heterocycles. The maximum atomic E-state index is 12.9. The second-order valence-corrected chi connectivity index (χ2v) is 9.47. The number of carbonyl (C=O) groups is 2. The molecule has 2 aromatic carbocycles. The molecule has 1 N–H and O–H groups in total. The summed E-state index contributed by atoms with van der Waals surface area (Å²) in [5.74, 6) is -1.55. The van der Waals surface area contributed by atoms with Gasteiger partial charge in [-0.05, 0) is 50.1 Å². The van der Waals surface area contributed by atoms with Gasteiger partial charge in [0.2, 0.25) is 10.0 Å². The van der Waals surface area contributed by atoms with Crippen LogP contribution in [-0.4, -0.2) is 48.7 Å². The molecule has 3 rings (SSSR count). The van der Waals surface area contributed by atoms with Crippen LogP contribution in [0.3, 0.4) is 0 Å². The third-order valence-corrected chi connectivity index (χ3v) is 7.11. The van der Waals surface area contributed by atoms with E-state index >= 15 is 0 Å². The third-order valence-electron chi connectivity index (χ3n) is 4.93. The largest absolute Gasteiger partial charge is 0.454 e. The number of esters is 1. The first-order valence-electron chi connectivity index (χ1n) is 9.58. The Bertz CT molecular complexity index is 1150. The van der Waals surface area contributed by atoms with E-state index in [0.29, 0.717) is 17.0 Å². The lowest BCUT2D eigenvalue weighted by atomic mass is 10.2. The van der Waals surface area contributed by atoms with Crippen molar-refractivity contribution in [3.8, 4) is 0 Å². The molecule has 1 amide bonds. The molecule has 0 radical (unpaired) electrons. The van der Waals surface area contributed by atoms with E-state index in [1.54, 1.807) is 6.92 Å². The molecule has 0 aromatic heterocycles. The Kier molecular flexibility index (Phi) is 7.12. The van der Waals surface area contributed by atoms with Gasteiger partial charge in [-0.1, -0.05) is 17.7 Å². The molecular weight excluding hydrogens is 462 g/mol. The summed E-state index contributed by atoms with van der Waals surface area (Å²) in [6.45, 7) is 1.05. The van der Waals surface area contributed by atoms with Crippen LogP contribution in [0.1, 0.15) is 18.4 Å². The number of hydrogen-bond donors (Lipinski definition) is 1. The Morgan fingerprint density at radius 3 is 2.59 bits per heavy atom. The smallest absolute Gasteiger partial charge is 0.324 e. The minimum absolute atomic E-state index is 0.000286. The van der Waals surface area contributed by atoms with Crippen molar-refractivity contribution >= 4 is 44.9 Å². The molecule has 2 aromatic rings. The predicted octanol–water partition coefficient (Wildman–Crippen LogP) is 2.89. The maximum absolute atomic E-state index is 12.9. The molecule has 32 heavy (non-hydrogen) atoms. The zero-order valence-electron chi connectivity index (χ0n) is 17.0. The van der Waals surface area contributed by atoms with E-state index in [1.807, 2.05) is 0 Å². The number of sulfonamides is 1. The number of rotatable bonds is 7. The minimum atomic E-state index is -3.94. The van der Waals surface area contributed by atoms with Crippen LogP contribution in [0.2, 0.25) is 5.02 Å². The summed E-state index contributed by atoms with van der Waals surface area (Å²) in [4.78, 5) is 35.1. The summed E-state index contributed by atoms with van der Waals surface area (Å²) in [6, 6.07) is 8.71. The van der Waals surface area contributed by atoms with Gasteiger partial charge in [-0.3, -0.25) is 19.7 Å². The van der Waals surface area contributed by atoms with E-state index in [-0.39, 0.29) is 29.2 Å². The fourth-order valence-corrected chi connectivity index (χ4v) is 5.09. The van der Waals surface area contributed by atoms with Gasteiger partial charge in [0.1, 0.15) is 6.04 Å². The summed E-state index contributed by atoms with van der Waals surface area (Å²) in [5, 5.41) is 13.8. The highest BCUT2D eigenvalue weighted by molar-refractivity contribution is 7.89. The van der Waals surface area contributed by atoms with E-state index in [9.17, 15) is 28.1 Å². The number of nitrogens with one attached hydrogen (secondary N) is 1. The van der Waals surface area contributed by atoms with Crippen molar-refractivity contribution in [2.45, 2.75) is 30.7 Å². The number of benzene rings is 2. The highest BCUT2D eigenvalue weighted by Crippen LogP contribution is 2.28. The molecule has 1 atom stereocenters. The molecule has 12 heteroatoms. The molecule has 170 valence electrons. The van der Waals surface area contributed by atoms with Crippen molar-refractivity contribution < 1.29 is 27.7 Å². The average Bonchev–Trinajstić information content (AvgIpc) is 3.24. The number of ether oxygens (including phenoxy) is 1. The number of anilines is 1. The standard InChI is InChI=1S/C20H20ClN3O7S/c1-13-4-7-15(11-18(13)24(27)28)22-19(25)12-31-20(26)17-3-2-10-23(17)32(29,30)16-8-5-14(21)6-9-16/h4-9,11,17H,2-3,10,12H2,1H3,(H,22,25)/t17-/m0/s1. The average molecular weight is 482 g/mol. The first kappa shape index (κ1) is 23.6. The van der Waals surface area contributed by atoms with Crippen LogP contribution in [0, 0.1) is 17.0 Å². The molecule has 1 aliphatic rings. The van der Waals surface area contributed by atoms with E-state index in [2.05, 4.69) is 5.32 Å². The van der Waals surface area contributed by atoms with Crippen LogP contribution < -0.4 is 5.32 Å². The van der Waals surface area contributed by atoms with Crippen molar-refractivity contribution in [1.82, 2.24) is 4.31 Å². The summed E-state index contributed by atoms with van der Waals surface area (Å²) in [5.41, 5.74) is 0.451. The number of halogens is 1. The summed E-state index contributed by atoms with van der Waals surface area (Å²) in [7, 11) is -3.94. The fraction of sp³-hybridized carbons (Fsp3) is 0.300. The molecule has 0 saturated carbocycles. The van der Waals surface area contributed by atoms with Crippen LogP contribution in [0.15, 0.2) is 47.4 Å². The van der Waals surface area contributed by atoms with Crippen LogP contribution >= 0.6 is 11.6 Å². The third kappa shape index (κ3) is 5.23. The predicted molar refractivity (Wildman–Crippen MR) is 116 cm³/mol. The summed E-state index contributed by atoms with van der Waals surface area (Å²) >= 11 is 5.81. The van der Waals surface area contributed by atoms with Crippen LogP contribution in [0.5, 0.6) is 0 Å². The van der Waals surface area contributed by atoms with Crippen LogP contribution in [0.25, 0.3) is 0 Å². The lowest BCUT2D eigenvalue weighted by molar-refractivity contribution is -0.385. The van der Waals surface area contributed by atoms with Crippen molar-refractivity contribution in [3.63, 3.8) is 0 Å². The van der Waals surface area contributed by atoms with Gasteiger partial charge >= 0.3 is 5.97 Å². The molecular formula is C20H20ClN3O7S. The topological polar surface area (TPSA) is 136 Å². The van der Waals surface area contributed by atoms with E-state index in [1.165, 1.54) is 42.5 Å². The Hall–Kier alpha value is -3.02. The fourth-order valence-electron chi connectivity index (χ4n) is 3.32. The molecule has 0 aliphatic carbocycles. The van der Waals surface area contributed by atoms with Crippen molar-refractivity contribution in [1.29, 1.82) is 0 Å². The summed E-state index contributed by atoms with van der Waals surface area (Å²) in [6.07, 6.45) is 0.725. The highest BCUT2D eigenvalue weighted by atomic mass is 35.5. The molecule has 0 bridgehead atoms. The van der Waals surface area contributed by atoms with Crippen molar-refractivity contribution in [2.75, 3.05) is 18.5 Å². The SMILES string of the molecule is Cc1ccc(NC(=O)COC(=O)[C@@H]2CCCN2S(=O)(=O)c2ccc(Cl)cc2)cc1[N+](=O)[O-]. The number of nitro groups is 1. The second-order valence-electron chi connectivity index (χ2n) is 7.14. The maximum Gasteiger partial charge on any atom is 0.324 e. The van der Waals surface area contributed by atoms with Crippen LogP contribution in [-0.2, 0) is 24.3 Å². The molecule has 1 fully saturated rings. The van der Waals surface area contributed by atoms with Gasteiger partial charge < -0.3 is 10.1 Å². The van der Waals surface area contributed by atoms with E-state index in [0.717, 1.165) is 4.31 Å². The van der Waals surface area contributed by atoms with Gasteiger partial charge in [-0.25, -0.2) is 8.42 Å². The van der Waals surface area contributed by atoms with Gasteiger partial charge in [0, 0.05) is 28.9 Å². The monoisotopic (exact) mass is 481 g/mol. The van der Waals surface area contributed by atoms with Gasteiger partial charge in [0.05, 0.1) is 9.82 Å². The quantitative estimate of drug-likeness (QED) is 0.364. The first-order chi connectivity index (χ1) is 15.1. The number of nitrogens with zero attached hydrogens (tertiary/aromatic N) is 2. The van der Waals surface area contributed by atoms with Gasteiger partial charge in [0.25, 0.3) is 11.6 Å². The summed E-state index contributed by atoms with van der Waals surface area (Å²) < 4.78 is 31.9. The van der Waals surface area contributed by atoms with Crippen molar-refractivity contribution in [2.24, 2.45) is 0 Å². The van der Waals surface area contributed by atoms with Crippen LogP contribution in [0.4, 0.5) is 11.4 Å².